The second kappa shape index (κ2) is 7.44. The maximum absolute atomic E-state index is 14.3. The third-order valence-electron chi connectivity index (χ3n) is 5.13. The van der Waals surface area contributed by atoms with Gasteiger partial charge >= 0.3 is 0 Å². The first-order valence-corrected chi connectivity index (χ1v) is 9.17. The Hall–Kier alpha value is -3.58. The number of rotatable bonds is 5. The number of nitriles is 1. The number of anilines is 1. The lowest BCUT2D eigenvalue weighted by molar-refractivity contribution is 0.0996. The van der Waals surface area contributed by atoms with Crippen LogP contribution in [0, 0.1) is 22.6 Å². The van der Waals surface area contributed by atoms with E-state index in [1.54, 1.807) is 10.6 Å². The summed E-state index contributed by atoms with van der Waals surface area (Å²) < 4.78 is 15.8. The molecular weight excluding hydrogens is 375 g/mol. The smallest absolute Gasteiger partial charge is 0.268 e. The van der Waals surface area contributed by atoms with Crippen LogP contribution in [0.1, 0.15) is 23.3 Å². The Labute approximate surface area is 165 Å². The Morgan fingerprint density at radius 3 is 2.86 bits per heavy atom. The molecule has 0 bridgehead atoms. The second-order valence-electron chi connectivity index (χ2n) is 7.05. The van der Waals surface area contributed by atoms with Crippen LogP contribution in [0.15, 0.2) is 30.9 Å². The summed E-state index contributed by atoms with van der Waals surface area (Å²) in [5, 5.41) is 16.1. The van der Waals surface area contributed by atoms with E-state index in [0.29, 0.717) is 36.5 Å². The molecular formula is C19H19FN8O. The molecule has 0 saturated carbocycles. The van der Waals surface area contributed by atoms with Crippen molar-refractivity contribution >= 4 is 17.4 Å². The lowest BCUT2D eigenvalue weighted by Gasteiger charge is -2.31. The minimum absolute atomic E-state index is 0.0686. The zero-order chi connectivity index (χ0) is 20.4. The molecule has 1 aliphatic heterocycles. The highest BCUT2D eigenvalue weighted by atomic mass is 19.1. The van der Waals surface area contributed by atoms with Crippen LogP contribution < -0.4 is 16.4 Å². The molecule has 1 fully saturated rings. The maximum Gasteiger partial charge on any atom is 0.268 e. The van der Waals surface area contributed by atoms with Gasteiger partial charge in [0.05, 0.1) is 23.4 Å². The molecule has 0 spiro atoms. The standard InChI is InChI=1S/C19H19FN8O/c20-13-7-24-4-1-12(13)14-8-28-9-15(16(22)29)27-18(28)17(26-14)25-11-19(10-21)2-5-23-6-3-19/h1,4,7-9,23H,2-3,5-6,11H2,(H2,22,29)(H,25,26). The number of amides is 1. The average molecular weight is 394 g/mol. The van der Waals surface area contributed by atoms with Gasteiger partial charge in [0.15, 0.2) is 17.3 Å². The lowest BCUT2D eigenvalue weighted by atomic mass is 9.80. The van der Waals surface area contributed by atoms with Crippen molar-refractivity contribution in [3.63, 3.8) is 0 Å². The number of carbonyl (C=O) groups is 1. The molecule has 4 rings (SSSR count). The van der Waals surface area contributed by atoms with Gasteiger partial charge in [-0.05, 0) is 32.0 Å². The van der Waals surface area contributed by atoms with Gasteiger partial charge in [-0.3, -0.25) is 9.78 Å². The number of hydrogen-bond donors (Lipinski definition) is 3. The van der Waals surface area contributed by atoms with Crippen molar-refractivity contribution in [3.8, 4) is 17.3 Å². The topological polar surface area (TPSA) is 134 Å². The molecule has 0 radical (unpaired) electrons. The number of hydrogen-bond acceptors (Lipinski definition) is 7. The Morgan fingerprint density at radius 1 is 1.38 bits per heavy atom. The number of piperidine rings is 1. The van der Waals surface area contributed by atoms with Crippen molar-refractivity contribution in [2.24, 2.45) is 11.1 Å². The quantitative estimate of drug-likeness (QED) is 0.594. The monoisotopic (exact) mass is 394 g/mol. The summed E-state index contributed by atoms with van der Waals surface area (Å²) in [6.45, 7) is 1.87. The maximum atomic E-state index is 14.3. The van der Waals surface area contributed by atoms with Gasteiger partial charge in [0, 0.05) is 30.7 Å². The fourth-order valence-corrected chi connectivity index (χ4v) is 3.43. The van der Waals surface area contributed by atoms with Crippen molar-refractivity contribution < 1.29 is 9.18 Å². The van der Waals surface area contributed by atoms with Crippen LogP contribution >= 0.6 is 0 Å². The van der Waals surface area contributed by atoms with E-state index in [1.807, 2.05) is 0 Å². The van der Waals surface area contributed by atoms with E-state index in [4.69, 9.17) is 5.73 Å². The van der Waals surface area contributed by atoms with Crippen LogP contribution in [0.5, 0.6) is 0 Å². The van der Waals surface area contributed by atoms with Crippen LogP contribution in [0.4, 0.5) is 10.2 Å². The van der Waals surface area contributed by atoms with E-state index in [9.17, 15) is 14.4 Å². The van der Waals surface area contributed by atoms with Gasteiger partial charge in [-0.1, -0.05) is 0 Å². The molecule has 29 heavy (non-hydrogen) atoms. The summed E-state index contributed by atoms with van der Waals surface area (Å²) in [6.07, 6.45) is 7.02. The molecule has 1 saturated heterocycles. The summed E-state index contributed by atoms with van der Waals surface area (Å²) in [6, 6.07) is 3.93. The third-order valence-corrected chi connectivity index (χ3v) is 5.13. The number of primary amides is 1. The molecule has 9 nitrogen and oxygen atoms in total. The number of nitrogens with zero attached hydrogens (tertiary/aromatic N) is 5. The molecule has 0 atom stereocenters. The van der Waals surface area contributed by atoms with Crippen LogP contribution in [-0.2, 0) is 0 Å². The highest BCUT2D eigenvalue weighted by molar-refractivity contribution is 5.92. The van der Waals surface area contributed by atoms with E-state index in [0.717, 1.165) is 19.3 Å². The number of imidazole rings is 1. The summed E-state index contributed by atoms with van der Waals surface area (Å²) in [4.78, 5) is 24.1. The molecule has 4 N–H and O–H groups in total. The summed E-state index contributed by atoms with van der Waals surface area (Å²) in [5.74, 6) is -0.852. The fourth-order valence-electron chi connectivity index (χ4n) is 3.43. The van der Waals surface area contributed by atoms with E-state index in [2.05, 4.69) is 31.7 Å². The number of carbonyl (C=O) groups excluding carboxylic acids is 1. The van der Waals surface area contributed by atoms with Crippen molar-refractivity contribution in [1.29, 1.82) is 5.26 Å². The van der Waals surface area contributed by atoms with Gasteiger partial charge in [0.1, 0.15) is 5.69 Å². The minimum atomic E-state index is -0.678. The zero-order valence-electron chi connectivity index (χ0n) is 15.5. The number of halogens is 1. The molecule has 3 aromatic rings. The van der Waals surface area contributed by atoms with Crippen molar-refractivity contribution in [3.05, 3.63) is 42.4 Å². The van der Waals surface area contributed by atoms with E-state index in [1.165, 1.54) is 18.5 Å². The molecule has 0 aliphatic carbocycles. The molecule has 1 amide bonds. The Balaban J connectivity index is 1.77. The largest absolute Gasteiger partial charge is 0.365 e. The Morgan fingerprint density at radius 2 is 2.17 bits per heavy atom. The summed E-state index contributed by atoms with van der Waals surface area (Å²) in [5.41, 5.74) is 5.86. The van der Waals surface area contributed by atoms with Gasteiger partial charge in [0.2, 0.25) is 0 Å². The number of pyridine rings is 1. The highest BCUT2D eigenvalue weighted by Gasteiger charge is 2.32. The van der Waals surface area contributed by atoms with Crippen LogP contribution in [0.2, 0.25) is 0 Å². The molecule has 10 heteroatoms. The first-order chi connectivity index (χ1) is 14.0. The van der Waals surface area contributed by atoms with Crippen molar-refractivity contribution in [2.45, 2.75) is 12.8 Å². The molecule has 148 valence electrons. The van der Waals surface area contributed by atoms with Gasteiger partial charge in [-0.2, -0.15) is 5.26 Å². The third kappa shape index (κ3) is 3.60. The first-order valence-electron chi connectivity index (χ1n) is 9.17. The number of fused-ring (bicyclic) bond motifs is 1. The van der Waals surface area contributed by atoms with Gasteiger partial charge in [-0.25, -0.2) is 14.4 Å². The molecule has 3 aromatic heterocycles. The Kier molecular flexibility index (Phi) is 4.82. The summed E-state index contributed by atoms with van der Waals surface area (Å²) >= 11 is 0. The van der Waals surface area contributed by atoms with Gasteiger partial charge in [0.25, 0.3) is 5.91 Å². The number of aromatic nitrogens is 4. The van der Waals surface area contributed by atoms with Crippen LogP contribution in [0.25, 0.3) is 16.9 Å². The normalized spacial score (nSPS) is 15.7. The predicted octanol–water partition coefficient (Wildman–Crippen LogP) is 1.33. The molecule has 0 unspecified atom stereocenters. The highest BCUT2D eigenvalue weighted by Crippen LogP contribution is 2.30. The number of nitrogens with two attached hydrogens (primary N) is 1. The van der Waals surface area contributed by atoms with Crippen molar-refractivity contribution in [1.82, 2.24) is 24.7 Å². The SMILES string of the molecule is N#CC1(CNc2nc(-c3ccncc3F)cn3cc(C(N)=O)nc23)CCNCC1. The predicted molar refractivity (Wildman–Crippen MR) is 103 cm³/mol. The second-order valence-corrected chi connectivity index (χ2v) is 7.05. The van der Waals surface area contributed by atoms with E-state index < -0.39 is 17.1 Å². The lowest BCUT2D eigenvalue weighted by Crippen LogP contribution is -2.40. The Bertz CT molecular complexity index is 1110. The minimum Gasteiger partial charge on any atom is -0.365 e. The average Bonchev–Trinajstić information content (AvgIpc) is 3.18. The zero-order valence-corrected chi connectivity index (χ0v) is 15.5. The van der Waals surface area contributed by atoms with E-state index in [-0.39, 0.29) is 11.3 Å². The van der Waals surface area contributed by atoms with Crippen LogP contribution in [0.3, 0.4) is 0 Å². The van der Waals surface area contributed by atoms with Gasteiger partial charge in [-0.15, -0.1) is 0 Å². The first kappa shape index (κ1) is 18.8. The molecule has 4 heterocycles. The molecule has 0 aromatic carbocycles. The van der Waals surface area contributed by atoms with Gasteiger partial charge < -0.3 is 20.8 Å². The van der Waals surface area contributed by atoms with E-state index >= 15 is 0 Å². The summed E-state index contributed by atoms with van der Waals surface area (Å²) in [7, 11) is 0. The fraction of sp³-hybridized carbons (Fsp3) is 0.316. The molecule has 1 aliphatic rings. The van der Waals surface area contributed by atoms with Crippen LogP contribution in [-0.4, -0.2) is 44.9 Å². The van der Waals surface area contributed by atoms with Crippen molar-refractivity contribution in [2.75, 3.05) is 25.0 Å². The number of nitrogens with one attached hydrogen (secondary N) is 2.